The van der Waals surface area contributed by atoms with E-state index in [1.807, 2.05) is 0 Å². The summed E-state index contributed by atoms with van der Waals surface area (Å²) in [6.45, 7) is 0. The molecule has 0 saturated heterocycles. The first-order valence-electron chi connectivity index (χ1n) is 0.855. The van der Waals surface area contributed by atoms with Gasteiger partial charge in [-0.25, -0.2) is 10.5 Å². The average Bonchev–Trinajstić information content (AvgIpc) is 1.39. The van der Waals surface area contributed by atoms with E-state index in [9.17, 15) is 0 Å². The minimum atomic E-state index is 0. The van der Waals surface area contributed by atoms with Crippen molar-refractivity contribution >= 4 is 25.3 Å². The standard InChI is InChI=1S/2CHNS.K.Na/c2*2-1-3;;/h2*3H;;/q;;2*+1/p-2. The van der Waals surface area contributed by atoms with Gasteiger partial charge in [0.05, 0.1) is 0 Å². The number of hydrogen-bond acceptors (Lipinski definition) is 4. The van der Waals surface area contributed by atoms with Gasteiger partial charge in [-0.05, 0) is 0 Å². The van der Waals surface area contributed by atoms with Crippen LogP contribution in [0.2, 0.25) is 0 Å². The summed E-state index contributed by atoms with van der Waals surface area (Å²) >= 11 is 7.40. The minimum absolute atomic E-state index is 0. The average molecular weight is 178 g/mol. The molecule has 32 valence electrons. The van der Waals surface area contributed by atoms with Gasteiger partial charge in [0.15, 0.2) is 0 Å². The topological polar surface area (TPSA) is 47.6 Å². The Balaban J connectivity index is -0.0000000160. The second-order valence-corrected chi connectivity index (χ2v) is 0.548. The number of nitriles is 2. The molecule has 0 aromatic carbocycles. The Morgan fingerprint density at radius 3 is 1.00 bits per heavy atom. The second kappa shape index (κ2) is 35.7. The Morgan fingerprint density at radius 1 is 1.00 bits per heavy atom. The van der Waals surface area contributed by atoms with Crippen LogP contribution in [0.4, 0.5) is 0 Å². The molecule has 0 aromatic heterocycles. The molecule has 8 heavy (non-hydrogen) atoms. The van der Waals surface area contributed by atoms with E-state index in [1.165, 1.54) is 10.8 Å². The summed E-state index contributed by atoms with van der Waals surface area (Å²) in [5.74, 6) is 0. The molecule has 0 spiro atoms. The predicted molar refractivity (Wildman–Crippen MR) is 26.0 cm³/mol. The van der Waals surface area contributed by atoms with Crippen molar-refractivity contribution in [3.63, 3.8) is 0 Å². The fourth-order valence-electron chi connectivity index (χ4n) is 0. The van der Waals surface area contributed by atoms with Crippen molar-refractivity contribution < 1.29 is 80.9 Å². The van der Waals surface area contributed by atoms with Gasteiger partial charge >= 0.3 is 80.9 Å². The van der Waals surface area contributed by atoms with E-state index in [4.69, 9.17) is 10.5 Å². The fourth-order valence-corrected chi connectivity index (χ4v) is 0. The van der Waals surface area contributed by atoms with E-state index >= 15 is 0 Å². The number of nitrogens with zero attached hydrogens (tertiary/aromatic N) is 2. The zero-order valence-electron chi connectivity index (χ0n) is 4.71. The third kappa shape index (κ3) is 94.9. The molecule has 0 aliphatic carbocycles. The first-order chi connectivity index (χ1) is 2.83. The normalized spacial score (nSPS) is 1.75. The maximum Gasteiger partial charge on any atom is 1.00 e. The van der Waals surface area contributed by atoms with Crippen molar-refractivity contribution in [3.05, 3.63) is 0 Å². The molecule has 0 bridgehead atoms. The quantitative estimate of drug-likeness (QED) is 0.210. The largest absolute Gasteiger partial charge is 1.00 e. The summed E-state index contributed by atoms with van der Waals surface area (Å²) in [4.78, 5) is 0. The Bertz CT molecular complexity index is 73.0. The summed E-state index contributed by atoms with van der Waals surface area (Å²) in [6.07, 6.45) is 0. The van der Waals surface area contributed by atoms with Crippen LogP contribution in [-0.2, 0) is 25.3 Å². The van der Waals surface area contributed by atoms with Crippen LogP contribution in [0.25, 0.3) is 0 Å². The van der Waals surface area contributed by atoms with Crippen molar-refractivity contribution in [3.8, 4) is 10.8 Å². The van der Waals surface area contributed by atoms with Crippen molar-refractivity contribution in [2.45, 2.75) is 0 Å². The van der Waals surface area contributed by atoms with Gasteiger partial charge < -0.3 is 25.3 Å². The third-order valence-corrected chi connectivity index (χ3v) is 0. The molecule has 0 N–H and O–H groups in total. The van der Waals surface area contributed by atoms with Crippen LogP contribution >= 0.6 is 0 Å². The van der Waals surface area contributed by atoms with Crippen molar-refractivity contribution in [2.75, 3.05) is 0 Å². The van der Waals surface area contributed by atoms with Gasteiger partial charge in [-0.1, -0.05) is 10.8 Å². The Kier molecular flexibility index (Phi) is 100. The van der Waals surface area contributed by atoms with E-state index in [2.05, 4.69) is 25.3 Å². The van der Waals surface area contributed by atoms with E-state index in [1.54, 1.807) is 0 Å². The predicted octanol–water partition coefficient (Wildman–Crippen LogP) is -5.96. The van der Waals surface area contributed by atoms with Crippen LogP contribution in [0.1, 0.15) is 0 Å². The van der Waals surface area contributed by atoms with Gasteiger partial charge in [0.2, 0.25) is 0 Å². The van der Waals surface area contributed by atoms with Crippen LogP contribution in [0.15, 0.2) is 0 Å². The van der Waals surface area contributed by atoms with Gasteiger partial charge in [-0.15, -0.1) is 0 Å². The van der Waals surface area contributed by atoms with E-state index in [-0.39, 0.29) is 80.9 Å². The monoisotopic (exact) mass is 178 g/mol. The molecule has 6 heteroatoms. The van der Waals surface area contributed by atoms with Crippen LogP contribution in [-0.4, -0.2) is 0 Å². The number of rotatable bonds is 0. The molecule has 0 unspecified atom stereocenters. The van der Waals surface area contributed by atoms with Crippen molar-refractivity contribution in [2.24, 2.45) is 0 Å². The molecular weight excluding hydrogens is 178 g/mol. The smallest absolute Gasteiger partial charge is 0.696 e. The third-order valence-electron chi connectivity index (χ3n) is 0. The summed E-state index contributed by atoms with van der Waals surface area (Å²) in [5, 5.41) is 16.9. The molecule has 0 aromatic rings. The zero-order chi connectivity index (χ0) is 5.41. The zero-order valence-corrected chi connectivity index (χ0v) is 11.5. The molecule has 0 aliphatic rings. The molecule has 0 fully saturated rings. The molecule has 0 rings (SSSR count). The Hall–Kier alpha value is 2.06. The number of hydrogen-bond donors (Lipinski definition) is 0. The van der Waals surface area contributed by atoms with Gasteiger partial charge in [0.25, 0.3) is 0 Å². The maximum atomic E-state index is 7.13. The summed E-state index contributed by atoms with van der Waals surface area (Å²) < 4.78 is 0. The summed E-state index contributed by atoms with van der Waals surface area (Å²) in [6, 6.07) is 0. The molecule has 0 aliphatic heterocycles. The Morgan fingerprint density at radius 2 is 1.00 bits per heavy atom. The summed E-state index contributed by atoms with van der Waals surface area (Å²) in [5.41, 5.74) is 0. The van der Waals surface area contributed by atoms with E-state index in [0.29, 0.717) is 0 Å². The first kappa shape index (κ1) is 22.5. The molecular formula is C2KN2NaS2. The van der Waals surface area contributed by atoms with E-state index in [0.717, 1.165) is 0 Å². The molecule has 0 atom stereocenters. The SMILES string of the molecule is N#C[S-].N#C[S-].[K+].[Na+]. The minimum Gasteiger partial charge on any atom is -0.696 e. The number of thiocyanates is 2. The van der Waals surface area contributed by atoms with Crippen molar-refractivity contribution in [1.29, 1.82) is 10.5 Å². The maximum absolute atomic E-state index is 7.13. The molecule has 0 saturated carbocycles. The van der Waals surface area contributed by atoms with Crippen molar-refractivity contribution in [1.82, 2.24) is 0 Å². The van der Waals surface area contributed by atoms with Gasteiger partial charge in [-0.3, -0.25) is 0 Å². The van der Waals surface area contributed by atoms with Gasteiger partial charge in [-0.2, -0.15) is 0 Å². The molecule has 0 heterocycles. The molecule has 2 nitrogen and oxygen atoms in total. The van der Waals surface area contributed by atoms with Gasteiger partial charge in [0.1, 0.15) is 0 Å². The molecule has 0 amide bonds. The molecule has 0 radical (unpaired) electrons. The van der Waals surface area contributed by atoms with E-state index < -0.39 is 0 Å². The van der Waals surface area contributed by atoms with Crippen LogP contribution in [0.3, 0.4) is 0 Å². The van der Waals surface area contributed by atoms with Gasteiger partial charge in [0, 0.05) is 0 Å². The van der Waals surface area contributed by atoms with Crippen LogP contribution in [0.5, 0.6) is 0 Å². The summed E-state index contributed by atoms with van der Waals surface area (Å²) in [7, 11) is 0. The fraction of sp³-hybridized carbons (Fsp3) is 0. The van der Waals surface area contributed by atoms with Crippen LogP contribution in [0, 0.1) is 21.3 Å². The first-order valence-corrected chi connectivity index (χ1v) is 1.67. The second-order valence-electron chi connectivity index (χ2n) is 0.183. The van der Waals surface area contributed by atoms with Crippen LogP contribution < -0.4 is 80.9 Å². The Labute approximate surface area is 125 Å².